The van der Waals surface area contributed by atoms with E-state index in [1.807, 2.05) is 6.08 Å². The van der Waals surface area contributed by atoms with Gasteiger partial charge in [0.2, 0.25) is 0 Å². The Kier molecular flexibility index (Phi) is 0.974. The molecule has 2 rings (SSSR count). The summed E-state index contributed by atoms with van der Waals surface area (Å²) in [6.45, 7) is 0. The van der Waals surface area contributed by atoms with Gasteiger partial charge in [-0.2, -0.15) is 0 Å². The summed E-state index contributed by atoms with van der Waals surface area (Å²) in [6, 6.07) is 0. The van der Waals surface area contributed by atoms with Crippen LogP contribution in [0.2, 0.25) is 0 Å². The van der Waals surface area contributed by atoms with Gasteiger partial charge < -0.3 is 5.11 Å². The van der Waals surface area contributed by atoms with Crippen LogP contribution < -0.4 is 0 Å². The maximum atomic E-state index is 9.08. The lowest BCUT2D eigenvalue weighted by atomic mass is 9.92. The highest BCUT2D eigenvalue weighted by Crippen LogP contribution is 2.52. The van der Waals surface area contributed by atoms with Crippen molar-refractivity contribution >= 4 is 0 Å². The third-order valence-corrected chi connectivity index (χ3v) is 2.50. The third kappa shape index (κ3) is 0.897. The molecule has 1 saturated carbocycles. The predicted octanol–water partition coefficient (Wildman–Crippen LogP) is 1.48. The summed E-state index contributed by atoms with van der Waals surface area (Å²) in [7, 11) is 0. The molecule has 0 aromatic rings. The van der Waals surface area contributed by atoms with Crippen molar-refractivity contribution < 1.29 is 5.11 Å². The molecule has 0 saturated heterocycles. The van der Waals surface area contributed by atoms with Gasteiger partial charge in [-0.05, 0) is 31.1 Å². The Labute approximate surface area is 55.4 Å². The zero-order valence-corrected chi connectivity index (χ0v) is 5.51. The van der Waals surface area contributed by atoms with Crippen molar-refractivity contribution in [3.63, 3.8) is 0 Å². The minimum absolute atomic E-state index is 0.142. The number of hydrogen-bond donors (Lipinski definition) is 1. The van der Waals surface area contributed by atoms with Crippen molar-refractivity contribution in [3.05, 3.63) is 12.2 Å². The SMILES string of the molecule is OC1C=CC2(CC1)CC2. The Hall–Kier alpha value is -0.300. The van der Waals surface area contributed by atoms with Crippen LogP contribution in [0.15, 0.2) is 12.2 Å². The molecule has 1 spiro atoms. The van der Waals surface area contributed by atoms with Gasteiger partial charge in [0.05, 0.1) is 6.10 Å². The summed E-state index contributed by atoms with van der Waals surface area (Å²) in [5.74, 6) is 0. The van der Waals surface area contributed by atoms with Crippen molar-refractivity contribution in [2.45, 2.75) is 31.8 Å². The van der Waals surface area contributed by atoms with Gasteiger partial charge in [-0.25, -0.2) is 0 Å². The van der Waals surface area contributed by atoms with Crippen LogP contribution in [0.25, 0.3) is 0 Å². The lowest BCUT2D eigenvalue weighted by Crippen LogP contribution is -2.12. The van der Waals surface area contributed by atoms with E-state index in [1.165, 1.54) is 19.3 Å². The topological polar surface area (TPSA) is 20.2 Å². The lowest BCUT2D eigenvalue weighted by Gasteiger charge is -2.17. The Morgan fingerprint density at radius 1 is 1.33 bits per heavy atom. The summed E-state index contributed by atoms with van der Waals surface area (Å²) in [5.41, 5.74) is 0.569. The molecular formula is C8H12O. The monoisotopic (exact) mass is 124 g/mol. The van der Waals surface area contributed by atoms with E-state index in [0.29, 0.717) is 5.41 Å². The molecule has 0 bridgehead atoms. The number of aliphatic hydroxyl groups excluding tert-OH is 1. The Morgan fingerprint density at radius 2 is 2.11 bits per heavy atom. The molecule has 0 aromatic carbocycles. The van der Waals surface area contributed by atoms with Gasteiger partial charge in [0.15, 0.2) is 0 Å². The third-order valence-electron chi connectivity index (χ3n) is 2.50. The smallest absolute Gasteiger partial charge is 0.0721 e. The first-order valence-electron chi connectivity index (χ1n) is 3.68. The van der Waals surface area contributed by atoms with Crippen molar-refractivity contribution in [1.29, 1.82) is 0 Å². The van der Waals surface area contributed by atoms with E-state index in [-0.39, 0.29) is 6.10 Å². The van der Waals surface area contributed by atoms with Crippen LogP contribution in [0.1, 0.15) is 25.7 Å². The van der Waals surface area contributed by atoms with Gasteiger partial charge in [-0.3, -0.25) is 0 Å². The molecule has 9 heavy (non-hydrogen) atoms. The number of hydrogen-bond acceptors (Lipinski definition) is 1. The average Bonchev–Trinajstić information content (AvgIpc) is 2.60. The molecule has 1 N–H and O–H groups in total. The second-order valence-corrected chi connectivity index (χ2v) is 3.33. The molecule has 1 atom stereocenters. The van der Waals surface area contributed by atoms with Gasteiger partial charge in [0.1, 0.15) is 0 Å². The minimum Gasteiger partial charge on any atom is -0.389 e. The summed E-state index contributed by atoms with van der Waals surface area (Å²) in [5, 5.41) is 9.08. The van der Waals surface area contributed by atoms with Gasteiger partial charge in [0, 0.05) is 0 Å². The van der Waals surface area contributed by atoms with E-state index < -0.39 is 0 Å². The summed E-state index contributed by atoms with van der Waals surface area (Å²) in [4.78, 5) is 0. The molecule has 1 fully saturated rings. The lowest BCUT2D eigenvalue weighted by molar-refractivity contribution is 0.192. The van der Waals surface area contributed by atoms with Crippen LogP contribution in [0.3, 0.4) is 0 Å². The zero-order valence-electron chi connectivity index (χ0n) is 5.51. The molecule has 0 amide bonds. The first-order valence-corrected chi connectivity index (χ1v) is 3.68. The Morgan fingerprint density at radius 3 is 2.56 bits per heavy atom. The van der Waals surface area contributed by atoms with Gasteiger partial charge >= 0.3 is 0 Å². The largest absolute Gasteiger partial charge is 0.389 e. The quantitative estimate of drug-likeness (QED) is 0.485. The second-order valence-electron chi connectivity index (χ2n) is 3.33. The molecular weight excluding hydrogens is 112 g/mol. The molecule has 1 heteroatoms. The highest BCUT2D eigenvalue weighted by molar-refractivity contribution is 5.14. The van der Waals surface area contributed by atoms with Crippen LogP contribution >= 0.6 is 0 Å². The number of aliphatic hydroxyl groups is 1. The second kappa shape index (κ2) is 1.60. The van der Waals surface area contributed by atoms with E-state index in [9.17, 15) is 0 Å². The van der Waals surface area contributed by atoms with Crippen molar-refractivity contribution in [2.24, 2.45) is 5.41 Å². The fraction of sp³-hybridized carbons (Fsp3) is 0.750. The minimum atomic E-state index is -0.142. The molecule has 0 radical (unpaired) electrons. The molecule has 0 aliphatic heterocycles. The normalized spacial score (nSPS) is 37.2. The zero-order chi connectivity index (χ0) is 6.32. The first kappa shape index (κ1) is 5.48. The molecule has 0 heterocycles. The van der Waals surface area contributed by atoms with E-state index in [2.05, 4.69) is 6.08 Å². The highest BCUT2D eigenvalue weighted by Gasteiger charge is 2.41. The van der Waals surface area contributed by atoms with Gasteiger partial charge in [0.25, 0.3) is 0 Å². The van der Waals surface area contributed by atoms with Gasteiger partial charge in [-0.1, -0.05) is 12.2 Å². The standard InChI is InChI=1S/C8H12O/c9-7-1-3-8(4-2-7)5-6-8/h1,3,7,9H,2,4-6H2. The first-order chi connectivity index (χ1) is 4.31. The van der Waals surface area contributed by atoms with Crippen LogP contribution in [0, 0.1) is 5.41 Å². The maximum absolute atomic E-state index is 9.08. The van der Waals surface area contributed by atoms with Crippen LogP contribution in [-0.2, 0) is 0 Å². The average molecular weight is 124 g/mol. The maximum Gasteiger partial charge on any atom is 0.0721 e. The molecule has 1 nitrogen and oxygen atoms in total. The van der Waals surface area contributed by atoms with E-state index in [1.54, 1.807) is 0 Å². The summed E-state index contributed by atoms with van der Waals surface area (Å²) < 4.78 is 0. The molecule has 1 unspecified atom stereocenters. The predicted molar refractivity (Wildman–Crippen MR) is 36.0 cm³/mol. The number of rotatable bonds is 0. The van der Waals surface area contributed by atoms with E-state index >= 15 is 0 Å². The van der Waals surface area contributed by atoms with Gasteiger partial charge in [-0.15, -0.1) is 0 Å². The van der Waals surface area contributed by atoms with E-state index in [4.69, 9.17) is 5.11 Å². The van der Waals surface area contributed by atoms with Crippen LogP contribution in [0.5, 0.6) is 0 Å². The fourth-order valence-corrected chi connectivity index (χ4v) is 1.51. The van der Waals surface area contributed by atoms with E-state index in [0.717, 1.165) is 6.42 Å². The molecule has 2 aliphatic rings. The van der Waals surface area contributed by atoms with Crippen molar-refractivity contribution in [2.75, 3.05) is 0 Å². The highest BCUT2D eigenvalue weighted by atomic mass is 16.3. The molecule has 50 valence electrons. The Bertz CT molecular complexity index is 145. The number of allylic oxidation sites excluding steroid dienone is 1. The van der Waals surface area contributed by atoms with Crippen molar-refractivity contribution in [3.8, 4) is 0 Å². The van der Waals surface area contributed by atoms with Crippen LogP contribution in [-0.4, -0.2) is 11.2 Å². The fourth-order valence-electron chi connectivity index (χ4n) is 1.51. The molecule has 2 aliphatic carbocycles. The van der Waals surface area contributed by atoms with Crippen LogP contribution in [0.4, 0.5) is 0 Å². The summed E-state index contributed by atoms with van der Waals surface area (Å²) in [6.07, 6.45) is 8.93. The van der Waals surface area contributed by atoms with Crippen molar-refractivity contribution in [1.82, 2.24) is 0 Å². The summed E-state index contributed by atoms with van der Waals surface area (Å²) >= 11 is 0. The molecule has 0 aromatic heterocycles. The Balaban J connectivity index is 2.09.